The molecule has 0 N–H and O–H groups in total. The Labute approximate surface area is 662 Å². The van der Waals surface area contributed by atoms with Crippen LogP contribution in [0.15, 0.2) is 364 Å². The van der Waals surface area contributed by atoms with Crippen LogP contribution in [-0.2, 0) is 21.7 Å². The average molecular weight is 1460 g/mol. The molecule has 8 heteroatoms. The Morgan fingerprint density at radius 1 is 0.134 bits per heavy atom. The van der Waals surface area contributed by atoms with E-state index in [1.54, 1.807) is 0 Å². The topological polar surface area (TPSA) is 103 Å². The molecule has 0 radical (unpaired) electrons. The van der Waals surface area contributed by atoms with Gasteiger partial charge in [-0.2, -0.15) is 0 Å². The Bertz CT molecular complexity index is 5130. The maximum Gasteiger partial charge on any atom is 0.164 e. The third-order valence-electron chi connectivity index (χ3n) is 19.5. The lowest BCUT2D eigenvalue weighted by molar-refractivity contribution is 0.590. The van der Waals surface area contributed by atoms with E-state index in [4.69, 9.17) is 39.9 Å². The second kappa shape index (κ2) is 34.7. The van der Waals surface area contributed by atoms with Crippen LogP contribution >= 0.6 is 0 Å². The summed E-state index contributed by atoms with van der Waals surface area (Å²) in [6, 6.07) is 125. The Morgan fingerprint density at radius 2 is 0.339 bits per heavy atom. The zero-order valence-corrected chi connectivity index (χ0v) is 66.2. The number of hydrogen-bond donors (Lipinski definition) is 0. The number of pyridine rings is 1. The van der Waals surface area contributed by atoms with Crippen LogP contribution in [0, 0.1) is 0 Å². The molecule has 16 rings (SSSR count). The summed E-state index contributed by atoms with van der Waals surface area (Å²) in [4.78, 5) is 38.8. The first-order valence-corrected chi connectivity index (χ1v) is 38.5. The van der Waals surface area contributed by atoms with Crippen molar-refractivity contribution in [2.24, 2.45) is 0 Å². The van der Waals surface area contributed by atoms with Crippen molar-refractivity contribution in [1.82, 2.24) is 39.9 Å². The highest BCUT2D eigenvalue weighted by molar-refractivity contribution is 5.78. The van der Waals surface area contributed by atoms with Gasteiger partial charge in [-0.25, -0.2) is 39.9 Å². The monoisotopic (exact) mass is 1460 g/mol. The number of rotatable bonds is 12. The standard InChI is InChI=1S/C27H25N.2C26H24N2.C25H23N3/c1-27(2,3)24-16-10-15-22(17-24)26-19-23(20-11-6-4-7-12-20)18-25(28-26)21-13-8-5-9-14-21;1-26(2,3)22-16-10-15-21(17-22)24-18-23(19-11-6-4-7-12-19)27-25(28-24)20-13-8-5-9-14-20;1-26(2,3)22-16-14-21(15-17-22)25-27-23(19-10-6-4-7-11-19)18-24(28-25)20-12-8-5-9-13-20;1-25(2,3)21-16-14-20(15-17-21)24-27-22(18-10-6-4-7-11-18)26-23(28-24)19-12-8-5-9-13-19/h4-19H,1-3H3;2*4-18H,1-3H3;4-17H,1-3H3. The van der Waals surface area contributed by atoms with E-state index in [1.807, 2.05) is 140 Å². The molecule has 0 saturated carbocycles. The van der Waals surface area contributed by atoms with Crippen molar-refractivity contribution in [3.05, 3.63) is 386 Å². The number of hydrogen-bond acceptors (Lipinski definition) is 8. The highest BCUT2D eigenvalue weighted by Crippen LogP contribution is 2.37. The molecule has 0 bridgehead atoms. The lowest BCUT2D eigenvalue weighted by Crippen LogP contribution is -2.10. The smallest absolute Gasteiger partial charge is 0.164 e. The van der Waals surface area contributed by atoms with Crippen molar-refractivity contribution in [2.45, 2.75) is 105 Å². The van der Waals surface area contributed by atoms with Gasteiger partial charge in [-0.3, -0.25) is 0 Å². The van der Waals surface area contributed by atoms with Crippen molar-refractivity contribution in [1.29, 1.82) is 0 Å². The Hall–Kier alpha value is -13.0. The fourth-order valence-electron chi connectivity index (χ4n) is 12.9. The van der Waals surface area contributed by atoms with Gasteiger partial charge in [0.25, 0.3) is 0 Å². The highest BCUT2D eigenvalue weighted by Gasteiger charge is 2.21. The molecule has 0 aliphatic rings. The van der Waals surface area contributed by atoms with Gasteiger partial charge < -0.3 is 0 Å². The van der Waals surface area contributed by atoms with Gasteiger partial charge in [0.05, 0.1) is 34.2 Å². The summed E-state index contributed by atoms with van der Waals surface area (Å²) in [7, 11) is 0. The predicted molar refractivity (Wildman–Crippen MR) is 468 cm³/mol. The molecule has 0 saturated heterocycles. The molecule has 0 unspecified atom stereocenters. The first-order chi connectivity index (χ1) is 54.0. The maximum absolute atomic E-state index is 5.02. The number of aromatic nitrogens is 8. The largest absolute Gasteiger partial charge is 0.248 e. The molecule has 4 aromatic heterocycles. The number of benzene rings is 12. The molecule has 112 heavy (non-hydrogen) atoms. The zero-order chi connectivity index (χ0) is 78.2. The molecule has 16 aromatic rings. The van der Waals surface area contributed by atoms with Crippen molar-refractivity contribution < 1.29 is 0 Å². The molecule has 552 valence electrons. The van der Waals surface area contributed by atoms with Crippen LogP contribution in [0.1, 0.15) is 105 Å². The van der Waals surface area contributed by atoms with E-state index in [-0.39, 0.29) is 21.7 Å². The van der Waals surface area contributed by atoms with E-state index < -0.39 is 0 Å². The van der Waals surface area contributed by atoms with Gasteiger partial charge in [-0.15, -0.1) is 0 Å². The van der Waals surface area contributed by atoms with Crippen molar-refractivity contribution in [2.75, 3.05) is 0 Å². The summed E-state index contributed by atoms with van der Waals surface area (Å²) < 4.78 is 0. The SMILES string of the molecule is CC(C)(C)c1ccc(-c2nc(-c3ccccc3)cc(-c3ccccc3)n2)cc1.CC(C)(C)c1ccc(-c2nc(-c3ccccc3)nc(-c3ccccc3)n2)cc1.CC(C)(C)c1cccc(-c2cc(-c3ccccc3)cc(-c3ccccc3)n2)c1.CC(C)(C)c1cccc(-c2cc(-c3ccccc3)nc(-c3ccccc3)n2)c1. The predicted octanol–water partition coefficient (Wildman–Crippen LogP) is 27.1. The molecule has 0 fully saturated rings. The second-order valence-electron chi connectivity index (χ2n) is 32.1. The Balaban J connectivity index is 0.000000131. The third-order valence-corrected chi connectivity index (χ3v) is 19.5. The summed E-state index contributed by atoms with van der Waals surface area (Å²) in [5, 5.41) is 0. The van der Waals surface area contributed by atoms with Gasteiger partial charge in [-0.05, 0) is 91.4 Å². The van der Waals surface area contributed by atoms with E-state index in [2.05, 4.69) is 308 Å². The summed E-state index contributed by atoms with van der Waals surface area (Å²) in [5.74, 6) is 3.56. The third kappa shape index (κ3) is 20.1. The second-order valence-corrected chi connectivity index (χ2v) is 32.1. The summed E-state index contributed by atoms with van der Waals surface area (Å²) >= 11 is 0. The molecular weight excluding hydrogens is 1360 g/mol. The quantitative estimate of drug-likeness (QED) is 0.119. The molecule has 0 aliphatic carbocycles. The molecule has 0 spiro atoms. The minimum absolute atomic E-state index is 0.0908. The molecule has 8 nitrogen and oxygen atoms in total. The van der Waals surface area contributed by atoms with Crippen LogP contribution in [0.25, 0.3) is 136 Å². The minimum Gasteiger partial charge on any atom is -0.248 e. The summed E-state index contributed by atoms with van der Waals surface area (Å²) in [5.41, 5.74) is 25.5. The van der Waals surface area contributed by atoms with Crippen molar-refractivity contribution in [3.8, 4) is 136 Å². The normalized spacial score (nSPS) is 11.4. The van der Waals surface area contributed by atoms with Gasteiger partial charge in [0.2, 0.25) is 0 Å². The highest BCUT2D eigenvalue weighted by atomic mass is 15.0. The van der Waals surface area contributed by atoms with Gasteiger partial charge >= 0.3 is 0 Å². The van der Waals surface area contributed by atoms with Crippen LogP contribution in [0.3, 0.4) is 0 Å². The average Bonchev–Trinajstić information content (AvgIpc) is 0.818. The minimum atomic E-state index is 0.0908. The van der Waals surface area contributed by atoms with E-state index in [9.17, 15) is 0 Å². The molecular formula is C104H96N8. The van der Waals surface area contributed by atoms with E-state index >= 15 is 0 Å². The fourth-order valence-corrected chi connectivity index (χ4v) is 12.9. The molecule has 0 aliphatic heterocycles. The van der Waals surface area contributed by atoms with E-state index in [0.29, 0.717) is 17.5 Å². The van der Waals surface area contributed by atoms with Gasteiger partial charge in [0.1, 0.15) is 0 Å². The summed E-state index contributed by atoms with van der Waals surface area (Å²) in [6.07, 6.45) is 0. The zero-order valence-electron chi connectivity index (χ0n) is 66.2. The van der Waals surface area contributed by atoms with Crippen molar-refractivity contribution in [3.63, 3.8) is 0 Å². The van der Waals surface area contributed by atoms with Gasteiger partial charge in [0.15, 0.2) is 29.1 Å². The molecule has 12 aromatic carbocycles. The van der Waals surface area contributed by atoms with Gasteiger partial charge in [0, 0.05) is 61.2 Å². The first-order valence-electron chi connectivity index (χ1n) is 38.5. The summed E-state index contributed by atoms with van der Waals surface area (Å²) in [6.45, 7) is 26.8. The lowest BCUT2D eigenvalue weighted by atomic mass is 9.86. The van der Waals surface area contributed by atoms with Crippen molar-refractivity contribution >= 4 is 0 Å². The van der Waals surface area contributed by atoms with Crippen LogP contribution in [0.5, 0.6) is 0 Å². The first kappa shape index (κ1) is 77.1. The number of nitrogens with zero attached hydrogens (tertiary/aromatic N) is 8. The Morgan fingerprint density at radius 3 is 0.607 bits per heavy atom. The van der Waals surface area contributed by atoms with E-state index in [0.717, 1.165) is 107 Å². The molecule has 4 heterocycles. The lowest BCUT2D eigenvalue weighted by Gasteiger charge is -2.20. The van der Waals surface area contributed by atoms with Gasteiger partial charge in [-0.1, -0.05) is 411 Å². The maximum atomic E-state index is 5.02. The van der Waals surface area contributed by atoms with Crippen LogP contribution < -0.4 is 0 Å². The van der Waals surface area contributed by atoms with Crippen LogP contribution in [0.2, 0.25) is 0 Å². The Kier molecular flexibility index (Phi) is 23.9. The fraction of sp³-hybridized carbons (Fsp3) is 0.154. The van der Waals surface area contributed by atoms with Crippen LogP contribution in [-0.4, -0.2) is 39.9 Å². The van der Waals surface area contributed by atoms with E-state index in [1.165, 1.54) is 33.4 Å². The van der Waals surface area contributed by atoms with Crippen LogP contribution in [0.4, 0.5) is 0 Å². The molecule has 0 amide bonds. The molecule has 0 atom stereocenters.